The summed E-state index contributed by atoms with van der Waals surface area (Å²) < 4.78 is 16.1. The highest BCUT2D eigenvalue weighted by Gasteiger charge is 2.36. The van der Waals surface area contributed by atoms with Crippen LogP contribution in [0.1, 0.15) is 59.8 Å². The van der Waals surface area contributed by atoms with E-state index in [2.05, 4.69) is 6.92 Å². The SMILES string of the molecule is CCCCOCCCC[C@H]1COCC(=O)N1C(=O)OC(C)(C)C. The van der Waals surface area contributed by atoms with Gasteiger partial charge in [0.15, 0.2) is 0 Å². The van der Waals surface area contributed by atoms with Gasteiger partial charge < -0.3 is 14.2 Å². The molecule has 1 fully saturated rings. The van der Waals surface area contributed by atoms with Crippen molar-refractivity contribution >= 4 is 12.0 Å². The molecule has 0 aliphatic carbocycles. The minimum Gasteiger partial charge on any atom is -0.443 e. The third-order valence-electron chi connectivity index (χ3n) is 3.48. The van der Waals surface area contributed by atoms with E-state index in [9.17, 15) is 9.59 Å². The van der Waals surface area contributed by atoms with Crippen molar-refractivity contribution in [1.29, 1.82) is 0 Å². The third kappa shape index (κ3) is 7.79. The van der Waals surface area contributed by atoms with Gasteiger partial charge in [0, 0.05) is 13.2 Å². The summed E-state index contributed by atoms with van der Waals surface area (Å²) in [6.45, 7) is 9.33. The van der Waals surface area contributed by atoms with E-state index in [0.717, 1.165) is 32.3 Å². The van der Waals surface area contributed by atoms with Crippen molar-refractivity contribution < 1.29 is 23.8 Å². The van der Waals surface area contributed by atoms with Crippen LogP contribution in [0.5, 0.6) is 0 Å². The predicted molar refractivity (Wildman–Crippen MR) is 87.3 cm³/mol. The number of ether oxygens (including phenoxy) is 3. The normalized spacial score (nSPS) is 19.0. The molecule has 1 heterocycles. The Bertz CT molecular complexity index is 378. The van der Waals surface area contributed by atoms with E-state index < -0.39 is 11.7 Å². The Hall–Kier alpha value is -1.14. The van der Waals surface area contributed by atoms with E-state index in [1.807, 2.05) is 0 Å². The van der Waals surface area contributed by atoms with Crippen molar-refractivity contribution in [2.24, 2.45) is 0 Å². The maximum Gasteiger partial charge on any atom is 0.417 e. The summed E-state index contributed by atoms with van der Waals surface area (Å²) in [4.78, 5) is 25.5. The molecular formula is C17H31NO5. The Labute approximate surface area is 139 Å². The summed E-state index contributed by atoms with van der Waals surface area (Å²) in [5.41, 5.74) is -0.618. The number of amides is 2. The van der Waals surface area contributed by atoms with Crippen molar-refractivity contribution in [2.75, 3.05) is 26.4 Å². The van der Waals surface area contributed by atoms with Crippen LogP contribution in [0.2, 0.25) is 0 Å². The molecule has 2 amide bonds. The van der Waals surface area contributed by atoms with E-state index in [-0.39, 0.29) is 18.6 Å². The summed E-state index contributed by atoms with van der Waals surface area (Å²) in [7, 11) is 0. The molecule has 0 saturated carbocycles. The molecule has 0 spiro atoms. The monoisotopic (exact) mass is 329 g/mol. The number of carbonyl (C=O) groups excluding carboxylic acids is 2. The Morgan fingerprint density at radius 1 is 1.26 bits per heavy atom. The molecule has 134 valence electrons. The lowest BCUT2D eigenvalue weighted by Gasteiger charge is -2.35. The number of carbonyl (C=O) groups is 2. The van der Waals surface area contributed by atoms with Crippen LogP contribution in [0.25, 0.3) is 0 Å². The highest BCUT2D eigenvalue weighted by Crippen LogP contribution is 2.19. The molecule has 0 unspecified atom stereocenters. The molecule has 1 aliphatic heterocycles. The average molecular weight is 329 g/mol. The molecular weight excluding hydrogens is 298 g/mol. The van der Waals surface area contributed by atoms with Gasteiger partial charge in [0.05, 0.1) is 12.6 Å². The quantitative estimate of drug-likeness (QED) is 0.640. The zero-order valence-corrected chi connectivity index (χ0v) is 14.9. The fourth-order valence-electron chi connectivity index (χ4n) is 2.34. The Morgan fingerprint density at radius 3 is 2.61 bits per heavy atom. The number of rotatable bonds is 8. The summed E-state index contributed by atoms with van der Waals surface area (Å²) in [6.07, 6.45) is 4.14. The van der Waals surface area contributed by atoms with Crippen molar-refractivity contribution in [2.45, 2.75) is 71.4 Å². The van der Waals surface area contributed by atoms with Gasteiger partial charge in [-0.1, -0.05) is 13.3 Å². The molecule has 0 N–H and O–H groups in total. The molecule has 0 aromatic carbocycles. The van der Waals surface area contributed by atoms with Gasteiger partial charge >= 0.3 is 6.09 Å². The van der Waals surface area contributed by atoms with E-state index in [1.54, 1.807) is 20.8 Å². The molecule has 1 aliphatic rings. The number of imide groups is 1. The topological polar surface area (TPSA) is 65.1 Å². The molecule has 0 aromatic heterocycles. The van der Waals surface area contributed by atoms with Gasteiger partial charge in [0.1, 0.15) is 12.2 Å². The van der Waals surface area contributed by atoms with Crippen LogP contribution in [0.3, 0.4) is 0 Å². The fraction of sp³-hybridized carbons (Fsp3) is 0.882. The maximum absolute atomic E-state index is 12.2. The average Bonchev–Trinajstić information content (AvgIpc) is 2.44. The van der Waals surface area contributed by atoms with Gasteiger partial charge in [-0.2, -0.15) is 0 Å². The minimum absolute atomic E-state index is 0.0597. The van der Waals surface area contributed by atoms with Crippen LogP contribution in [0.4, 0.5) is 4.79 Å². The summed E-state index contributed by atoms with van der Waals surface area (Å²) in [5.74, 6) is -0.324. The first-order chi connectivity index (χ1) is 10.8. The number of hydrogen-bond acceptors (Lipinski definition) is 5. The molecule has 0 radical (unpaired) electrons. The van der Waals surface area contributed by atoms with E-state index in [4.69, 9.17) is 14.2 Å². The largest absolute Gasteiger partial charge is 0.443 e. The maximum atomic E-state index is 12.2. The van der Waals surface area contributed by atoms with Crippen molar-refractivity contribution in [3.05, 3.63) is 0 Å². The van der Waals surface area contributed by atoms with Crippen LogP contribution in [0, 0.1) is 0 Å². The third-order valence-corrected chi connectivity index (χ3v) is 3.48. The van der Waals surface area contributed by atoms with E-state index in [1.165, 1.54) is 4.90 Å². The molecule has 23 heavy (non-hydrogen) atoms. The molecule has 6 nitrogen and oxygen atoms in total. The number of nitrogens with zero attached hydrogens (tertiary/aromatic N) is 1. The number of hydrogen-bond donors (Lipinski definition) is 0. The second-order valence-corrected chi connectivity index (χ2v) is 6.87. The lowest BCUT2D eigenvalue weighted by molar-refractivity contribution is -0.146. The lowest BCUT2D eigenvalue weighted by atomic mass is 10.1. The smallest absolute Gasteiger partial charge is 0.417 e. The van der Waals surface area contributed by atoms with Gasteiger partial charge in [-0.25, -0.2) is 9.69 Å². The Kier molecular flexibility index (Phi) is 8.55. The fourth-order valence-corrected chi connectivity index (χ4v) is 2.34. The molecule has 1 rings (SSSR count). The van der Waals surface area contributed by atoms with Crippen molar-refractivity contribution in [1.82, 2.24) is 4.90 Å². The van der Waals surface area contributed by atoms with Gasteiger partial charge in [-0.3, -0.25) is 4.79 Å². The van der Waals surface area contributed by atoms with Crippen LogP contribution < -0.4 is 0 Å². The molecule has 0 aromatic rings. The van der Waals surface area contributed by atoms with Crippen LogP contribution in [-0.2, 0) is 19.0 Å². The standard InChI is InChI=1S/C17H31NO5/c1-5-6-10-21-11-8-7-9-14-12-22-13-15(19)18(14)16(20)23-17(2,3)4/h14H,5-13H2,1-4H3/t14-/m0/s1. The highest BCUT2D eigenvalue weighted by atomic mass is 16.6. The first-order valence-corrected chi connectivity index (χ1v) is 8.55. The second kappa shape index (κ2) is 9.88. The zero-order chi connectivity index (χ0) is 17.3. The Morgan fingerprint density at radius 2 is 1.96 bits per heavy atom. The summed E-state index contributed by atoms with van der Waals surface area (Å²) >= 11 is 0. The van der Waals surface area contributed by atoms with E-state index >= 15 is 0 Å². The predicted octanol–water partition coefficient (Wildman–Crippen LogP) is 3.14. The molecule has 1 atom stereocenters. The first-order valence-electron chi connectivity index (χ1n) is 8.55. The second-order valence-electron chi connectivity index (χ2n) is 6.87. The van der Waals surface area contributed by atoms with Gasteiger partial charge in [0.25, 0.3) is 5.91 Å². The molecule has 6 heteroatoms. The molecule has 0 bridgehead atoms. The van der Waals surface area contributed by atoms with Gasteiger partial charge in [0.2, 0.25) is 0 Å². The number of unbranched alkanes of at least 4 members (excludes halogenated alkanes) is 2. The minimum atomic E-state index is -0.618. The van der Waals surface area contributed by atoms with E-state index in [0.29, 0.717) is 19.6 Å². The zero-order valence-electron chi connectivity index (χ0n) is 14.9. The lowest BCUT2D eigenvalue weighted by Crippen LogP contribution is -2.53. The molecule has 1 saturated heterocycles. The van der Waals surface area contributed by atoms with Crippen molar-refractivity contribution in [3.63, 3.8) is 0 Å². The summed E-state index contributed by atoms with van der Waals surface area (Å²) in [5, 5.41) is 0. The van der Waals surface area contributed by atoms with Gasteiger partial charge in [-0.05, 0) is 46.5 Å². The van der Waals surface area contributed by atoms with Crippen LogP contribution in [0.15, 0.2) is 0 Å². The van der Waals surface area contributed by atoms with Crippen LogP contribution >= 0.6 is 0 Å². The highest BCUT2D eigenvalue weighted by molar-refractivity contribution is 5.93. The number of morpholine rings is 1. The first kappa shape index (κ1) is 19.9. The van der Waals surface area contributed by atoms with Crippen molar-refractivity contribution in [3.8, 4) is 0 Å². The van der Waals surface area contributed by atoms with Gasteiger partial charge in [-0.15, -0.1) is 0 Å². The van der Waals surface area contributed by atoms with Crippen LogP contribution in [-0.4, -0.2) is 55.0 Å². The Balaban J connectivity index is 2.41. The summed E-state index contributed by atoms with van der Waals surface area (Å²) in [6, 6.07) is -0.248.